The number of carbonyl (C=O) groups is 2. The van der Waals surface area contributed by atoms with Gasteiger partial charge in [0.2, 0.25) is 5.91 Å². The maximum absolute atomic E-state index is 13.1. The van der Waals surface area contributed by atoms with Crippen molar-refractivity contribution in [3.8, 4) is 11.3 Å². The molecule has 0 aliphatic carbocycles. The maximum Gasteiger partial charge on any atom is 0.251 e. The van der Waals surface area contributed by atoms with Gasteiger partial charge in [-0.25, -0.2) is 0 Å². The van der Waals surface area contributed by atoms with E-state index in [0.717, 1.165) is 34.6 Å². The number of hydrogen-bond donors (Lipinski definition) is 2. The second-order valence-electron chi connectivity index (χ2n) is 9.57. The van der Waals surface area contributed by atoms with Crippen molar-refractivity contribution < 1.29 is 9.59 Å². The average molecular weight is 474 g/mol. The van der Waals surface area contributed by atoms with Crippen molar-refractivity contribution in [2.24, 2.45) is 5.41 Å². The van der Waals surface area contributed by atoms with E-state index in [0.29, 0.717) is 12.1 Å². The molecule has 3 rings (SSSR count). The number of rotatable bonds is 9. The van der Waals surface area contributed by atoms with Gasteiger partial charge in [0, 0.05) is 48.6 Å². The molecule has 0 aliphatic rings. The van der Waals surface area contributed by atoms with Gasteiger partial charge >= 0.3 is 0 Å². The Kier molecular flexibility index (Phi) is 8.22. The van der Waals surface area contributed by atoms with Crippen LogP contribution in [0.1, 0.15) is 57.0 Å². The lowest BCUT2D eigenvalue weighted by Crippen LogP contribution is -2.38. The summed E-state index contributed by atoms with van der Waals surface area (Å²) < 4.78 is 0. The van der Waals surface area contributed by atoms with Crippen molar-refractivity contribution >= 4 is 23.2 Å². The molecule has 0 spiro atoms. The molecule has 0 atom stereocenters. The Morgan fingerprint density at radius 2 is 1.80 bits per heavy atom. The van der Waals surface area contributed by atoms with Gasteiger partial charge in [0.1, 0.15) is 0 Å². The van der Waals surface area contributed by atoms with Gasteiger partial charge < -0.3 is 15.5 Å². The molecule has 2 heterocycles. The van der Waals surface area contributed by atoms with Crippen LogP contribution < -0.4 is 15.5 Å². The highest BCUT2D eigenvalue weighted by molar-refractivity contribution is 5.99. The van der Waals surface area contributed by atoms with Crippen molar-refractivity contribution in [3.63, 3.8) is 0 Å². The number of pyridine rings is 2. The third-order valence-electron chi connectivity index (χ3n) is 6.11. The maximum atomic E-state index is 13.1. The van der Waals surface area contributed by atoms with Crippen LogP contribution in [-0.2, 0) is 11.3 Å². The van der Waals surface area contributed by atoms with E-state index in [4.69, 9.17) is 4.98 Å². The molecule has 0 aliphatic heterocycles. The number of anilines is 2. The summed E-state index contributed by atoms with van der Waals surface area (Å²) in [5, 5.41) is 6.43. The molecule has 2 aromatic heterocycles. The topological polar surface area (TPSA) is 87.2 Å². The largest absolute Gasteiger partial charge is 0.381 e. The minimum absolute atomic E-state index is 0.0366. The average Bonchev–Trinajstić information content (AvgIpc) is 2.86. The molecule has 35 heavy (non-hydrogen) atoms. The van der Waals surface area contributed by atoms with Crippen LogP contribution in [0.25, 0.3) is 11.3 Å². The molecular formula is C28H35N5O2. The van der Waals surface area contributed by atoms with Crippen molar-refractivity contribution in [2.45, 2.75) is 53.6 Å². The summed E-state index contributed by atoms with van der Waals surface area (Å²) in [5.41, 5.74) is 4.13. The number of amides is 2. The van der Waals surface area contributed by atoms with Crippen molar-refractivity contribution in [1.82, 2.24) is 15.3 Å². The van der Waals surface area contributed by atoms with Gasteiger partial charge in [-0.3, -0.25) is 19.6 Å². The Labute approximate surface area is 208 Å². The first-order chi connectivity index (χ1) is 16.6. The van der Waals surface area contributed by atoms with Gasteiger partial charge in [0.05, 0.1) is 23.3 Å². The first-order valence-corrected chi connectivity index (χ1v) is 11.9. The predicted molar refractivity (Wildman–Crippen MR) is 141 cm³/mol. The van der Waals surface area contributed by atoms with Crippen LogP contribution in [0, 0.1) is 5.41 Å². The summed E-state index contributed by atoms with van der Waals surface area (Å²) in [6, 6.07) is 13.1. The molecule has 184 valence electrons. The third-order valence-corrected chi connectivity index (χ3v) is 6.11. The van der Waals surface area contributed by atoms with Crippen molar-refractivity contribution in [1.29, 1.82) is 0 Å². The Balaban J connectivity index is 1.93. The summed E-state index contributed by atoms with van der Waals surface area (Å²) in [6.07, 6.45) is 5.92. The monoisotopic (exact) mass is 473 g/mol. The zero-order valence-electron chi connectivity index (χ0n) is 21.4. The zero-order valence-corrected chi connectivity index (χ0v) is 21.4. The fourth-order valence-electron chi connectivity index (χ4n) is 3.69. The quantitative estimate of drug-likeness (QED) is 0.441. The minimum Gasteiger partial charge on any atom is -0.381 e. The van der Waals surface area contributed by atoms with E-state index < -0.39 is 5.41 Å². The van der Waals surface area contributed by atoms with Crippen LogP contribution in [-0.4, -0.2) is 34.9 Å². The van der Waals surface area contributed by atoms with E-state index in [9.17, 15) is 9.59 Å². The van der Waals surface area contributed by atoms with Crippen LogP contribution in [0.5, 0.6) is 0 Å². The molecule has 0 bridgehead atoms. The Bertz CT molecular complexity index is 1170. The Hall–Kier alpha value is -3.74. The highest BCUT2D eigenvalue weighted by Crippen LogP contribution is 2.33. The van der Waals surface area contributed by atoms with Gasteiger partial charge in [-0.2, -0.15) is 0 Å². The van der Waals surface area contributed by atoms with Crippen LogP contribution in [0.15, 0.2) is 61.1 Å². The third kappa shape index (κ3) is 6.23. The number of nitrogens with one attached hydrogen (secondary N) is 2. The van der Waals surface area contributed by atoms with Crippen LogP contribution >= 0.6 is 0 Å². The Morgan fingerprint density at radius 3 is 2.46 bits per heavy atom. The number of nitrogens with zero attached hydrogens (tertiary/aromatic N) is 3. The SMILES string of the molecule is CCC(C)(C)C(=O)N(C)c1cnc(-c2ccncc2CNC(=O)c2ccccc2)cc1NC(C)C. The molecule has 1 aromatic carbocycles. The molecule has 7 heteroatoms. The van der Waals surface area contributed by atoms with E-state index in [1.165, 1.54) is 0 Å². The first-order valence-electron chi connectivity index (χ1n) is 11.9. The van der Waals surface area contributed by atoms with Gasteiger partial charge in [0.25, 0.3) is 5.91 Å². The summed E-state index contributed by atoms with van der Waals surface area (Å²) in [5.74, 6) is -0.112. The number of carbonyl (C=O) groups excluding carboxylic acids is 2. The molecule has 0 fully saturated rings. The lowest BCUT2D eigenvalue weighted by molar-refractivity contribution is -0.126. The Morgan fingerprint density at radius 1 is 1.09 bits per heavy atom. The second kappa shape index (κ2) is 11.1. The summed E-state index contributed by atoms with van der Waals surface area (Å²) in [7, 11) is 1.79. The molecule has 0 saturated carbocycles. The summed E-state index contributed by atoms with van der Waals surface area (Å²) in [6.45, 7) is 10.3. The fraction of sp³-hybridized carbons (Fsp3) is 0.357. The lowest BCUT2D eigenvalue weighted by Gasteiger charge is -2.30. The van der Waals surface area contributed by atoms with Gasteiger partial charge in [-0.15, -0.1) is 0 Å². The highest BCUT2D eigenvalue weighted by Gasteiger charge is 2.30. The molecule has 0 saturated heterocycles. The first kappa shape index (κ1) is 25.9. The predicted octanol–water partition coefficient (Wildman–Crippen LogP) is 5.29. The number of hydrogen-bond acceptors (Lipinski definition) is 5. The van der Waals surface area contributed by atoms with Crippen LogP contribution in [0.2, 0.25) is 0 Å². The summed E-state index contributed by atoms with van der Waals surface area (Å²) in [4.78, 5) is 36.3. The molecule has 3 aromatic rings. The highest BCUT2D eigenvalue weighted by atomic mass is 16.2. The standard InChI is InChI=1S/C28H35N5O2/c1-7-28(4,5)27(35)33(6)25-18-30-23(15-24(25)32-19(2)3)22-13-14-29-16-21(22)17-31-26(34)20-11-9-8-10-12-20/h8-16,18-19H,7,17H2,1-6H3,(H,30,32)(H,31,34). The minimum atomic E-state index is -0.474. The zero-order chi connectivity index (χ0) is 25.6. The van der Waals surface area contributed by atoms with E-state index in [1.807, 2.05) is 51.1 Å². The molecule has 7 nitrogen and oxygen atoms in total. The fourth-order valence-corrected chi connectivity index (χ4v) is 3.69. The van der Waals surface area contributed by atoms with E-state index in [-0.39, 0.29) is 17.9 Å². The van der Waals surface area contributed by atoms with E-state index >= 15 is 0 Å². The van der Waals surface area contributed by atoms with Crippen LogP contribution in [0.4, 0.5) is 11.4 Å². The van der Waals surface area contributed by atoms with E-state index in [2.05, 4.69) is 29.5 Å². The summed E-state index contributed by atoms with van der Waals surface area (Å²) >= 11 is 0. The van der Waals surface area contributed by atoms with Crippen molar-refractivity contribution in [3.05, 3.63) is 72.2 Å². The number of benzene rings is 1. The van der Waals surface area contributed by atoms with Gasteiger partial charge in [-0.1, -0.05) is 39.0 Å². The molecule has 2 amide bonds. The van der Waals surface area contributed by atoms with Crippen LogP contribution in [0.3, 0.4) is 0 Å². The van der Waals surface area contributed by atoms with Gasteiger partial charge in [0.15, 0.2) is 0 Å². The second-order valence-corrected chi connectivity index (χ2v) is 9.57. The normalized spacial score (nSPS) is 11.3. The molecular weight excluding hydrogens is 438 g/mol. The van der Waals surface area contributed by atoms with Crippen molar-refractivity contribution in [2.75, 3.05) is 17.3 Å². The van der Waals surface area contributed by atoms with Gasteiger partial charge in [-0.05, 0) is 50.1 Å². The molecule has 2 N–H and O–H groups in total. The van der Waals surface area contributed by atoms with E-state index in [1.54, 1.807) is 42.7 Å². The lowest BCUT2D eigenvalue weighted by atomic mass is 9.88. The smallest absolute Gasteiger partial charge is 0.251 e. The number of aromatic nitrogens is 2. The molecule has 0 radical (unpaired) electrons. The molecule has 0 unspecified atom stereocenters.